The van der Waals surface area contributed by atoms with Gasteiger partial charge in [0.15, 0.2) is 5.82 Å². The van der Waals surface area contributed by atoms with Crippen LogP contribution in [0.2, 0.25) is 0 Å². The molecule has 0 amide bonds. The van der Waals surface area contributed by atoms with E-state index < -0.39 is 0 Å². The van der Waals surface area contributed by atoms with E-state index in [0.717, 1.165) is 43.3 Å². The minimum atomic E-state index is -0.0278. The number of hydrogen-bond acceptors (Lipinski definition) is 5. The average Bonchev–Trinajstić information content (AvgIpc) is 3.22. The van der Waals surface area contributed by atoms with Crippen LogP contribution < -0.4 is 0 Å². The smallest absolute Gasteiger partial charge is 0.163 e. The first kappa shape index (κ1) is 15.3. The topological polar surface area (TPSA) is 60.5 Å². The zero-order valence-electron chi connectivity index (χ0n) is 14.1. The Labute approximate surface area is 140 Å². The fourth-order valence-corrected chi connectivity index (χ4v) is 3.26. The van der Waals surface area contributed by atoms with Gasteiger partial charge in [-0.2, -0.15) is 0 Å². The molecule has 0 radical (unpaired) electrons. The molecule has 0 aromatic carbocycles. The zero-order valence-corrected chi connectivity index (χ0v) is 14.1. The molecule has 0 saturated carbocycles. The van der Waals surface area contributed by atoms with Crippen LogP contribution in [0.5, 0.6) is 0 Å². The Morgan fingerprint density at radius 1 is 1.33 bits per heavy atom. The van der Waals surface area contributed by atoms with Gasteiger partial charge in [0.1, 0.15) is 18.1 Å². The molecule has 1 aliphatic rings. The number of fused-ring (bicyclic) bond motifs is 1. The summed E-state index contributed by atoms with van der Waals surface area (Å²) >= 11 is 0. The van der Waals surface area contributed by atoms with Crippen molar-refractivity contribution in [1.82, 2.24) is 29.0 Å². The fraction of sp³-hybridized carbons (Fsp3) is 0.471. The maximum Gasteiger partial charge on any atom is 0.163 e. The highest BCUT2D eigenvalue weighted by Crippen LogP contribution is 2.22. The number of aryl methyl sites for hydroxylation is 2. The van der Waals surface area contributed by atoms with Gasteiger partial charge in [0.05, 0.1) is 12.3 Å². The van der Waals surface area contributed by atoms with Crippen molar-refractivity contribution in [2.75, 3.05) is 19.7 Å². The third kappa shape index (κ3) is 2.81. The second-order valence-corrected chi connectivity index (χ2v) is 6.20. The largest absolute Gasteiger partial charge is 0.368 e. The Morgan fingerprint density at radius 2 is 2.25 bits per heavy atom. The van der Waals surface area contributed by atoms with E-state index in [1.54, 1.807) is 6.33 Å². The van der Waals surface area contributed by atoms with Gasteiger partial charge in [-0.25, -0.2) is 4.98 Å². The maximum absolute atomic E-state index is 5.92. The maximum atomic E-state index is 5.92. The van der Waals surface area contributed by atoms with E-state index >= 15 is 0 Å². The molecule has 0 spiro atoms. The minimum Gasteiger partial charge on any atom is -0.368 e. The summed E-state index contributed by atoms with van der Waals surface area (Å²) in [7, 11) is 0. The van der Waals surface area contributed by atoms with Crippen molar-refractivity contribution in [3.8, 4) is 0 Å². The van der Waals surface area contributed by atoms with E-state index in [9.17, 15) is 0 Å². The molecule has 1 aliphatic heterocycles. The highest BCUT2D eigenvalue weighted by Gasteiger charge is 2.26. The molecular formula is C17H22N6O. The number of pyridine rings is 1. The van der Waals surface area contributed by atoms with Crippen LogP contribution in [0.1, 0.15) is 30.2 Å². The van der Waals surface area contributed by atoms with Crippen LogP contribution in [0.25, 0.3) is 5.65 Å². The monoisotopic (exact) mass is 326 g/mol. The first-order valence-corrected chi connectivity index (χ1v) is 8.40. The molecule has 4 rings (SSSR count). The normalized spacial score (nSPS) is 19.2. The van der Waals surface area contributed by atoms with Gasteiger partial charge in [0.25, 0.3) is 0 Å². The molecule has 1 fully saturated rings. The average molecular weight is 326 g/mol. The molecule has 4 heterocycles. The third-order valence-corrected chi connectivity index (χ3v) is 4.56. The predicted octanol–water partition coefficient (Wildman–Crippen LogP) is 1.83. The Morgan fingerprint density at radius 3 is 3.08 bits per heavy atom. The summed E-state index contributed by atoms with van der Waals surface area (Å²) in [5.41, 5.74) is 3.28. The fourth-order valence-electron chi connectivity index (χ4n) is 3.26. The van der Waals surface area contributed by atoms with E-state index in [2.05, 4.69) is 45.6 Å². The standard InChI is InChI=1S/C17H22N6O/c1-3-22-12-18-20-17(22)15-11-21(7-8-24-15)9-14-10-23-13(2)5-4-6-16(23)19-14/h4-6,10,12,15H,3,7-9,11H2,1-2H3/t15-/m0/s1. The quantitative estimate of drug-likeness (QED) is 0.732. The van der Waals surface area contributed by atoms with Crippen molar-refractivity contribution in [2.45, 2.75) is 33.0 Å². The van der Waals surface area contributed by atoms with Crippen LogP contribution in [-0.2, 0) is 17.8 Å². The van der Waals surface area contributed by atoms with Crippen LogP contribution in [0, 0.1) is 6.92 Å². The van der Waals surface area contributed by atoms with Crippen molar-refractivity contribution in [2.24, 2.45) is 0 Å². The molecule has 0 bridgehead atoms. The first-order chi connectivity index (χ1) is 11.7. The lowest BCUT2D eigenvalue weighted by atomic mass is 10.2. The van der Waals surface area contributed by atoms with Crippen molar-refractivity contribution >= 4 is 5.65 Å². The van der Waals surface area contributed by atoms with Crippen molar-refractivity contribution < 1.29 is 4.74 Å². The van der Waals surface area contributed by atoms with Crippen molar-refractivity contribution in [3.63, 3.8) is 0 Å². The third-order valence-electron chi connectivity index (χ3n) is 4.56. The summed E-state index contributed by atoms with van der Waals surface area (Å²) in [6.45, 7) is 8.28. The molecule has 7 nitrogen and oxygen atoms in total. The van der Waals surface area contributed by atoms with Gasteiger partial charge in [0, 0.05) is 38.1 Å². The molecule has 126 valence electrons. The van der Waals surface area contributed by atoms with Crippen LogP contribution in [0.4, 0.5) is 0 Å². The van der Waals surface area contributed by atoms with Crippen LogP contribution >= 0.6 is 0 Å². The van der Waals surface area contributed by atoms with Gasteiger partial charge in [0.2, 0.25) is 0 Å². The van der Waals surface area contributed by atoms with Gasteiger partial charge < -0.3 is 13.7 Å². The number of imidazole rings is 1. The molecule has 7 heteroatoms. The second-order valence-electron chi connectivity index (χ2n) is 6.20. The van der Waals surface area contributed by atoms with E-state index in [1.165, 1.54) is 5.69 Å². The minimum absolute atomic E-state index is 0.0278. The predicted molar refractivity (Wildman–Crippen MR) is 89.6 cm³/mol. The molecule has 3 aromatic rings. The number of ether oxygens (including phenoxy) is 1. The SMILES string of the molecule is CCn1cnnc1[C@@H]1CN(Cc2cn3c(C)cccc3n2)CCO1. The molecule has 1 saturated heterocycles. The lowest BCUT2D eigenvalue weighted by Gasteiger charge is -2.31. The Bertz CT molecular complexity index is 839. The molecule has 1 atom stereocenters. The lowest BCUT2D eigenvalue weighted by molar-refractivity contribution is -0.0391. The second kappa shape index (κ2) is 6.33. The lowest BCUT2D eigenvalue weighted by Crippen LogP contribution is -2.38. The van der Waals surface area contributed by atoms with E-state index in [-0.39, 0.29) is 6.10 Å². The molecule has 24 heavy (non-hydrogen) atoms. The summed E-state index contributed by atoms with van der Waals surface area (Å²) in [6, 6.07) is 6.19. The Hall–Kier alpha value is -2.25. The zero-order chi connectivity index (χ0) is 16.5. The molecule has 0 aliphatic carbocycles. The van der Waals surface area contributed by atoms with Crippen LogP contribution in [-0.4, -0.2) is 48.7 Å². The summed E-state index contributed by atoms with van der Waals surface area (Å²) in [5, 5.41) is 8.25. The highest BCUT2D eigenvalue weighted by atomic mass is 16.5. The summed E-state index contributed by atoms with van der Waals surface area (Å²) in [4.78, 5) is 7.11. The van der Waals surface area contributed by atoms with Crippen molar-refractivity contribution in [1.29, 1.82) is 0 Å². The Kier molecular flexibility index (Phi) is 4.03. The number of morpholine rings is 1. The van der Waals surface area contributed by atoms with Gasteiger partial charge >= 0.3 is 0 Å². The van der Waals surface area contributed by atoms with Crippen LogP contribution in [0.3, 0.4) is 0 Å². The van der Waals surface area contributed by atoms with Gasteiger partial charge in [-0.3, -0.25) is 4.90 Å². The molecule has 0 unspecified atom stereocenters. The number of rotatable bonds is 4. The molecular weight excluding hydrogens is 304 g/mol. The molecule has 3 aromatic heterocycles. The van der Waals surface area contributed by atoms with Crippen molar-refractivity contribution in [3.05, 3.63) is 47.9 Å². The summed E-state index contributed by atoms with van der Waals surface area (Å²) < 4.78 is 10.1. The van der Waals surface area contributed by atoms with E-state index in [4.69, 9.17) is 9.72 Å². The van der Waals surface area contributed by atoms with Crippen LogP contribution in [0.15, 0.2) is 30.7 Å². The Balaban J connectivity index is 1.50. The van der Waals surface area contributed by atoms with E-state index in [1.807, 2.05) is 16.7 Å². The summed E-state index contributed by atoms with van der Waals surface area (Å²) in [5.74, 6) is 0.910. The highest BCUT2D eigenvalue weighted by molar-refractivity contribution is 5.41. The first-order valence-electron chi connectivity index (χ1n) is 8.40. The number of hydrogen-bond donors (Lipinski definition) is 0. The molecule has 0 N–H and O–H groups in total. The van der Waals surface area contributed by atoms with Gasteiger partial charge in [-0.1, -0.05) is 6.07 Å². The number of aromatic nitrogens is 5. The summed E-state index contributed by atoms with van der Waals surface area (Å²) in [6.07, 6.45) is 3.87. The number of nitrogens with zero attached hydrogens (tertiary/aromatic N) is 6. The van der Waals surface area contributed by atoms with Gasteiger partial charge in [-0.05, 0) is 26.0 Å². The van der Waals surface area contributed by atoms with Gasteiger partial charge in [-0.15, -0.1) is 10.2 Å². The van der Waals surface area contributed by atoms with E-state index in [0.29, 0.717) is 6.61 Å².